The van der Waals surface area contributed by atoms with Crippen molar-refractivity contribution in [3.63, 3.8) is 0 Å². The molecule has 0 N–H and O–H groups in total. The Morgan fingerprint density at radius 3 is 2.03 bits per heavy atom. The third kappa shape index (κ3) is 6.44. The van der Waals surface area contributed by atoms with Crippen LogP contribution in [0.2, 0.25) is 0 Å². The van der Waals surface area contributed by atoms with Crippen molar-refractivity contribution in [2.75, 3.05) is 14.2 Å². The molecule has 3 rings (SSSR count). The van der Waals surface area contributed by atoms with Crippen molar-refractivity contribution in [2.24, 2.45) is 11.8 Å². The van der Waals surface area contributed by atoms with Gasteiger partial charge in [-0.1, -0.05) is 55.7 Å². The Balaban J connectivity index is 0.00000166. The molecule has 0 aliphatic heterocycles. The number of carbonyl (C=O) groups excluding carboxylic acids is 2. The molecular weight excluding hydrogens is 415 g/mol. The van der Waals surface area contributed by atoms with Crippen LogP contribution in [-0.4, -0.2) is 26.0 Å². The Bertz CT molecular complexity index is 826. The lowest BCUT2D eigenvalue weighted by Gasteiger charge is -2.28. The van der Waals surface area contributed by atoms with Gasteiger partial charge >= 0.3 is 5.97 Å². The van der Waals surface area contributed by atoms with Crippen LogP contribution >= 0.6 is 9.12 Å². The van der Waals surface area contributed by atoms with Crippen molar-refractivity contribution in [1.29, 1.82) is 0 Å². The first kappa shape index (κ1) is 24.7. The molecule has 2 unspecified atom stereocenters. The van der Waals surface area contributed by atoms with Crippen LogP contribution in [0.5, 0.6) is 11.5 Å². The van der Waals surface area contributed by atoms with Gasteiger partial charge in [0.05, 0.1) is 23.3 Å². The quantitative estimate of drug-likeness (QED) is 0.252. The van der Waals surface area contributed by atoms with Gasteiger partial charge in [0.2, 0.25) is 0 Å². The Labute approximate surface area is 185 Å². The van der Waals surface area contributed by atoms with Crippen molar-refractivity contribution in [3.8, 4) is 11.5 Å². The number of ether oxygens (including phenoxy) is 3. The average Bonchev–Trinajstić information content (AvgIpc) is 2.84. The molecule has 6 nitrogen and oxygen atoms in total. The van der Waals surface area contributed by atoms with Gasteiger partial charge in [-0.15, -0.1) is 0 Å². The van der Waals surface area contributed by atoms with E-state index in [9.17, 15) is 9.59 Å². The van der Waals surface area contributed by atoms with Gasteiger partial charge in [-0.25, -0.2) is 0 Å². The first-order valence-corrected chi connectivity index (χ1v) is 11.0. The molecule has 0 radical (unpaired) electrons. The van der Waals surface area contributed by atoms with Crippen LogP contribution in [0.25, 0.3) is 0 Å². The lowest BCUT2D eigenvalue weighted by atomic mass is 9.76. The number of benzene rings is 2. The molecular formula is C24H31O6P. The summed E-state index contributed by atoms with van der Waals surface area (Å²) >= 11 is 0. The van der Waals surface area contributed by atoms with E-state index in [1.165, 1.54) is 14.2 Å². The SMILES string of the molecule is COc1cccc(OC)c1C(=O)C(C(=O)OCc1ccccc1)C1CCCCC1.O=[PH3]. The minimum atomic E-state index is -0.857. The Morgan fingerprint density at radius 1 is 0.903 bits per heavy atom. The van der Waals surface area contributed by atoms with Gasteiger partial charge in [-0.05, 0) is 36.5 Å². The maximum atomic E-state index is 13.6. The van der Waals surface area contributed by atoms with Gasteiger partial charge in [-0.2, -0.15) is 0 Å². The van der Waals surface area contributed by atoms with Crippen molar-refractivity contribution in [3.05, 3.63) is 59.7 Å². The molecule has 1 aliphatic carbocycles. The maximum Gasteiger partial charge on any atom is 0.317 e. The van der Waals surface area contributed by atoms with E-state index in [-0.39, 0.29) is 18.3 Å². The molecule has 0 bridgehead atoms. The second kappa shape index (κ2) is 13.0. The number of hydrogen-bond acceptors (Lipinski definition) is 6. The first-order chi connectivity index (χ1) is 15.2. The molecule has 0 spiro atoms. The third-order valence-electron chi connectivity index (χ3n) is 5.56. The molecule has 2 aromatic carbocycles. The van der Waals surface area contributed by atoms with Crippen LogP contribution in [0.3, 0.4) is 0 Å². The van der Waals surface area contributed by atoms with Crippen LogP contribution in [-0.2, 0) is 20.7 Å². The maximum absolute atomic E-state index is 13.6. The molecule has 2 aromatic rings. The van der Waals surface area contributed by atoms with Gasteiger partial charge in [0.15, 0.2) is 5.78 Å². The predicted molar refractivity (Wildman–Crippen MR) is 122 cm³/mol. The van der Waals surface area contributed by atoms with E-state index in [0.29, 0.717) is 26.2 Å². The van der Waals surface area contributed by atoms with Crippen molar-refractivity contribution >= 4 is 20.9 Å². The summed E-state index contributed by atoms with van der Waals surface area (Å²) in [6.45, 7) is 0.152. The number of esters is 1. The van der Waals surface area contributed by atoms with Gasteiger partial charge in [-0.3, -0.25) is 9.59 Å². The van der Waals surface area contributed by atoms with Crippen LogP contribution in [0.1, 0.15) is 48.0 Å². The largest absolute Gasteiger partial charge is 0.496 e. The topological polar surface area (TPSA) is 78.9 Å². The Morgan fingerprint density at radius 2 is 1.48 bits per heavy atom. The Kier molecular flexibility index (Phi) is 10.3. The third-order valence-corrected chi connectivity index (χ3v) is 5.56. The summed E-state index contributed by atoms with van der Waals surface area (Å²) in [7, 11) is 3.63. The van der Waals surface area contributed by atoms with Crippen LogP contribution in [0.15, 0.2) is 48.5 Å². The van der Waals surface area contributed by atoms with Crippen molar-refractivity contribution in [1.82, 2.24) is 0 Å². The second-order valence-electron chi connectivity index (χ2n) is 7.37. The van der Waals surface area contributed by atoms with Crippen LogP contribution < -0.4 is 9.47 Å². The molecule has 2 atom stereocenters. The molecule has 7 heteroatoms. The fourth-order valence-electron chi connectivity index (χ4n) is 4.05. The minimum absolute atomic E-state index is 0.0332. The highest BCUT2D eigenvalue weighted by molar-refractivity contribution is 7.00. The molecule has 0 aromatic heterocycles. The fourth-order valence-corrected chi connectivity index (χ4v) is 4.05. The normalized spacial score (nSPS) is 14.6. The molecule has 0 saturated heterocycles. The summed E-state index contributed by atoms with van der Waals surface area (Å²) < 4.78 is 24.7. The monoisotopic (exact) mass is 446 g/mol. The van der Waals surface area contributed by atoms with Gasteiger partial charge in [0.25, 0.3) is 0 Å². The Hall–Kier alpha value is -2.59. The summed E-state index contributed by atoms with van der Waals surface area (Å²) in [5, 5.41) is 0. The summed E-state index contributed by atoms with van der Waals surface area (Å²) in [6, 6.07) is 14.7. The summed E-state index contributed by atoms with van der Waals surface area (Å²) in [5.74, 6) is -0.835. The first-order valence-electron chi connectivity index (χ1n) is 10.4. The van der Waals surface area contributed by atoms with E-state index < -0.39 is 11.9 Å². The van der Waals surface area contributed by atoms with E-state index in [1.807, 2.05) is 30.3 Å². The fraction of sp³-hybridized carbons (Fsp3) is 0.417. The van der Waals surface area contributed by atoms with Crippen molar-refractivity contribution < 1.29 is 28.4 Å². The number of carbonyl (C=O) groups is 2. The van der Waals surface area contributed by atoms with Gasteiger partial charge in [0.1, 0.15) is 29.6 Å². The van der Waals surface area contributed by atoms with Crippen LogP contribution in [0.4, 0.5) is 0 Å². The summed E-state index contributed by atoms with van der Waals surface area (Å²) in [6.07, 6.45) is 4.85. The molecule has 0 heterocycles. The van der Waals surface area contributed by atoms with E-state index >= 15 is 0 Å². The highest BCUT2D eigenvalue weighted by Crippen LogP contribution is 2.37. The zero-order valence-electron chi connectivity index (χ0n) is 18.2. The lowest BCUT2D eigenvalue weighted by Crippen LogP contribution is -2.34. The van der Waals surface area contributed by atoms with Gasteiger partial charge in [0, 0.05) is 0 Å². The zero-order chi connectivity index (χ0) is 22.6. The second-order valence-corrected chi connectivity index (χ2v) is 7.37. The van der Waals surface area contributed by atoms with E-state index in [2.05, 4.69) is 0 Å². The van der Waals surface area contributed by atoms with Gasteiger partial charge < -0.3 is 18.8 Å². The molecule has 168 valence electrons. The number of Topliss-reactive ketones (excluding diaryl/α,β-unsaturated/α-hetero) is 1. The highest BCUT2D eigenvalue weighted by atomic mass is 31.0. The molecule has 1 aliphatic rings. The number of methoxy groups -OCH3 is 2. The van der Waals surface area contributed by atoms with Crippen LogP contribution in [0, 0.1) is 11.8 Å². The molecule has 1 fully saturated rings. The number of hydrogen-bond donors (Lipinski definition) is 0. The minimum Gasteiger partial charge on any atom is -0.496 e. The average molecular weight is 446 g/mol. The zero-order valence-corrected chi connectivity index (χ0v) is 19.6. The molecule has 0 amide bonds. The smallest absolute Gasteiger partial charge is 0.317 e. The van der Waals surface area contributed by atoms with E-state index in [0.717, 1.165) is 37.7 Å². The summed E-state index contributed by atoms with van der Waals surface area (Å²) in [4.78, 5) is 26.7. The van der Waals surface area contributed by atoms with Crippen molar-refractivity contribution in [2.45, 2.75) is 38.7 Å². The molecule has 1 saturated carbocycles. The van der Waals surface area contributed by atoms with E-state index in [1.54, 1.807) is 18.2 Å². The van der Waals surface area contributed by atoms with E-state index in [4.69, 9.17) is 18.8 Å². The standard InChI is InChI=1S/C24H28O5.H3OP/c1-27-19-14-9-15-20(28-2)22(19)23(25)21(18-12-7-4-8-13-18)24(26)29-16-17-10-5-3-6-11-17;1-2/h3,5-6,9-11,14-15,18,21H,4,7-8,12-13,16H2,1-2H3;2H3. The highest BCUT2D eigenvalue weighted by Gasteiger charge is 2.39. The number of rotatable bonds is 8. The predicted octanol–water partition coefficient (Wildman–Crippen LogP) is 4.77. The lowest BCUT2D eigenvalue weighted by molar-refractivity contribution is -0.150. The summed E-state index contributed by atoms with van der Waals surface area (Å²) in [5.41, 5.74) is 1.20. The molecule has 31 heavy (non-hydrogen) atoms. The number of ketones is 1.